The summed E-state index contributed by atoms with van der Waals surface area (Å²) in [6, 6.07) is 11.1. The average molecular weight is 703 g/mol. The number of sulfonamides is 1. The first-order chi connectivity index (χ1) is 22.1. The van der Waals surface area contributed by atoms with E-state index in [9.17, 15) is 18.3 Å². The van der Waals surface area contributed by atoms with Gasteiger partial charge in [-0.3, -0.25) is 4.79 Å². The predicted octanol–water partition coefficient (Wildman–Crippen LogP) is 7.25. The molecule has 5 rings (SSSR count). The average Bonchev–Trinajstić information content (AvgIpc) is 3.00. The van der Waals surface area contributed by atoms with Crippen LogP contribution in [-0.4, -0.2) is 58.8 Å². The number of ether oxygens (including phenoxy) is 1. The number of benzene rings is 2. The number of aryl methyl sites for hydroxylation is 1. The van der Waals surface area contributed by atoms with Crippen LogP contribution in [0.2, 0.25) is 23.2 Å². The molecule has 1 amide bonds. The third-order valence-corrected chi connectivity index (χ3v) is 17.1. The van der Waals surface area contributed by atoms with E-state index in [1.807, 2.05) is 30.4 Å². The van der Waals surface area contributed by atoms with E-state index in [0.717, 1.165) is 56.4 Å². The van der Waals surface area contributed by atoms with E-state index in [0.29, 0.717) is 29.7 Å². The van der Waals surface area contributed by atoms with E-state index in [2.05, 4.69) is 43.5 Å². The van der Waals surface area contributed by atoms with Gasteiger partial charge in [-0.05, 0) is 116 Å². The minimum atomic E-state index is -4.11. The van der Waals surface area contributed by atoms with Gasteiger partial charge in [0.05, 0.1) is 18.4 Å². The third kappa shape index (κ3) is 8.62. The summed E-state index contributed by atoms with van der Waals surface area (Å²) in [6.45, 7) is 12.3. The molecular weight excluding hydrogens is 652 g/mol. The first-order valence-corrected chi connectivity index (χ1v) is 21.8. The van der Waals surface area contributed by atoms with Crippen molar-refractivity contribution < 1.29 is 27.5 Å². The van der Waals surface area contributed by atoms with Crippen molar-refractivity contribution in [2.75, 3.05) is 24.6 Å². The second-order valence-electron chi connectivity index (χ2n) is 15.0. The Morgan fingerprint density at radius 1 is 1.06 bits per heavy atom. The Kier molecular flexibility index (Phi) is 11.2. The second-order valence-corrected chi connectivity index (χ2v) is 22.2. The fourth-order valence-corrected chi connectivity index (χ4v) is 8.94. The molecule has 2 aromatic carbocycles. The number of nitrogens with one attached hydrogen (secondary N) is 1. The highest BCUT2D eigenvalue weighted by Crippen LogP contribution is 2.41. The maximum atomic E-state index is 13.8. The maximum absolute atomic E-state index is 13.8. The molecule has 0 radical (unpaired) electrons. The van der Waals surface area contributed by atoms with Crippen LogP contribution in [0, 0.1) is 11.8 Å². The molecule has 1 aliphatic carbocycles. The van der Waals surface area contributed by atoms with Crippen LogP contribution < -0.4 is 14.4 Å². The number of nitrogens with zero attached hydrogens (tertiary/aromatic N) is 1. The van der Waals surface area contributed by atoms with Gasteiger partial charge in [0.25, 0.3) is 5.91 Å². The number of aliphatic hydroxyl groups is 1. The molecule has 2 aliphatic heterocycles. The number of carbonyl (C=O) groups is 1. The molecule has 0 unspecified atom stereocenters. The minimum absolute atomic E-state index is 0.0187. The SMILES string of the molecule is CC(C)(C)[Si](C)(C)OC[C@@H]1C/C=C/C[C@H](O)[C@@H]2CC[C@H]2CN2CCCCc3cc(Cl)ccc3COc3ccc(cc32)C(=O)NS1(=O)=O. The number of aliphatic hydroxyl groups excluding tert-OH is 1. The molecule has 1 fully saturated rings. The van der Waals surface area contributed by atoms with Crippen LogP contribution >= 0.6 is 11.6 Å². The predicted molar refractivity (Wildman–Crippen MR) is 191 cm³/mol. The van der Waals surface area contributed by atoms with E-state index in [-0.39, 0.29) is 29.5 Å². The number of anilines is 1. The van der Waals surface area contributed by atoms with Crippen LogP contribution in [0.3, 0.4) is 0 Å². The molecule has 0 aromatic heterocycles. The van der Waals surface area contributed by atoms with Gasteiger partial charge < -0.3 is 19.2 Å². The molecule has 0 spiro atoms. The fourth-order valence-electron chi connectivity index (χ4n) is 6.42. The molecular formula is C36H51ClN2O6SSi. The van der Waals surface area contributed by atoms with Crippen molar-refractivity contribution in [1.29, 1.82) is 0 Å². The van der Waals surface area contributed by atoms with E-state index in [1.54, 1.807) is 18.2 Å². The van der Waals surface area contributed by atoms with Crippen molar-refractivity contribution in [3.63, 3.8) is 0 Å². The van der Waals surface area contributed by atoms with Crippen molar-refractivity contribution >= 4 is 41.5 Å². The molecule has 2 heterocycles. The van der Waals surface area contributed by atoms with Gasteiger partial charge in [-0.2, -0.15) is 0 Å². The van der Waals surface area contributed by atoms with Gasteiger partial charge in [0.1, 0.15) is 17.6 Å². The van der Waals surface area contributed by atoms with Crippen molar-refractivity contribution in [2.24, 2.45) is 11.8 Å². The van der Waals surface area contributed by atoms with Crippen LogP contribution in [0.1, 0.15) is 80.8 Å². The number of rotatable bonds is 3. The zero-order chi connectivity index (χ0) is 34.0. The van der Waals surface area contributed by atoms with Crippen LogP contribution in [-0.2, 0) is 27.5 Å². The van der Waals surface area contributed by atoms with Gasteiger partial charge in [-0.15, -0.1) is 0 Å². The van der Waals surface area contributed by atoms with Crippen molar-refractivity contribution in [3.8, 4) is 5.75 Å². The minimum Gasteiger partial charge on any atom is -0.487 e. The Morgan fingerprint density at radius 2 is 1.83 bits per heavy atom. The highest BCUT2D eigenvalue weighted by molar-refractivity contribution is 7.90. The molecule has 1 saturated carbocycles. The highest BCUT2D eigenvalue weighted by Gasteiger charge is 2.40. The van der Waals surface area contributed by atoms with Gasteiger partial charge in [0.15, 0.2) is 8.32 Å². The topological polar surface area (TPSA) is 105 Å². The summed E-state index contributed by atoms with van der Waals surface area (Å²) < 4.78 is 42.7. The van der Waals surface area contributed by atoms with Gasteiger partial charge >= 0.3 is 0 Å². The summed E-state index contributed by atoms with van der Waals surface area (Å²) >= 11 is 6.33. The second kappa shape index (κ2) is 14.6. The molecule has 3 aliphatic rings. The van der Waals surface area contributed by atoms with Gasteiger partial charge in [-0.1, -0.05) is 50.6 Å². The van der Waals surface area contributed by atoms with E-state index >= 15 is 0 Å². The first-order valence-electron chi connectivity index (χ1n) is 17.0. The smallest absolute Gasteiger partial charge is 0.264 e. The van der Waals surface area contributed by atoms with Crippen molar-refractivity contribution in [2.45, 2.75) is 102 Å². The Morgan fingerprint density at radius 3 is 2.55 bits per heavy atom. The largest absolute Gasteiger partial charge is 0.487 e. The lowest BCUT2D eigenvalue weighted by atomic mass is 9.69. The summed E-state index contributed by atoms with van der Waals surface area (Å²) in [5, 5.41) is 10.9. The molecule has 2 aromatic rings. The molecule has 47 heavy (non-hydrogen) atoms. The van der Waals surface area contributed by atoms with Crippen molar-refractivity contribution in [3.05, 3.63) is 70.3 Å². The maximum Gasteiger partial charge on any atom is 0.264 e. The van der Waals surface area contributed by atoms with Gasteiger partial charge in [0, 0.05) is 23.7 Å². The van der Waals surface area contributed by atoms with E-state index in [4.69, 9.17) is 20.8 Å². The Balaban J connectivity index is 1.50. The molecule has 4 atom stereocenters. The molecule has 2 N–H and O–H groups in total. The van der Waals surface area contributed by atoms with Crippen LogP contribution in [0.5, 0.6) is 5.75 Å². The molecule has 8 nitrogen and oxygen atoms in total. The highest BCUT2D eigenvalue weighted by atomic mass is 35.5. The fraction of sp³-hybridized carbons (Fsp3) is 0.583. The zero-order valence-corrected chi connectivity index (χ0v) is 31.0. The quantitative estimate of drug-likeness (QED) is 0.257. The Bertz CT molecular complexity index is 1570. The third-order valence-electron chi connectivity index (χ3n) is 10.7. The summed E-state index contributed by atoms with van der Waals surface area (Å²) in [5.41, 5.74) is 3.25. The normalized spacial score (nSPS) is 26.4. The Labute approximate surface area is 287 Å². The Hall–Kier alpha value is -2.37. The van der Waals surface area contributed by atoms with Crippen molar-refractivity contribution in [1.82, 2.24) is 4.72 Å². The molecule has 0 saturated heterocycles. The molecule has 2 bridgehead atoms. The zero-order valence-electron chi connectivity index (χ0n) is 28.4. The number of fused-ring (bicyclic) bond motifs is 3. The van der Waals surface area contributed by atoms with Crippen LogP contribution in [0.15, 0.2) is 48.6 Å². The molecule has 11 heteroatoms. The van der Waals surface area contributed by atoms with Gasteiger partial charge in [-0.25, -0.2) is 13.1 Å². The monoisotopic (exact) mass is 702 g/mol. The molecule has 258 valence electrons. The summed E-state index contributed by atoms with van der Waals surface area (Å²) in [5.74, 6) is 0.402. The number of amides is 1. The standard InChI is InChI=1S/C36H51ClN2O6SSi/c1-36(2,3)47(4,5)45-24-30-11-6-7-12-33(40)31-17-14-27(31)22-39-19-9-8-10-25-20-29(37)16-13-28(25)23-44-34-18-15-26(21-32(34)39)35(41)38-46(30,42)43/h6-7,13,15-16,18,20-21,27,30-31,33,40H,8-12,14,17,19,22-24H2,1-5H3,(H,38,41)/b7-6+/t27-,30-,31+,33-/m0/s1. The number of halogens is 1. The lowest BCUT2D eigenvalue weighted by Gasteiger charge is -2.43. The van der Waals surface area contributed by atoms with Crippen LogP contribution in [0.25, 0.3) is 0 Å². The summed E-state index contributed by atoms with van der Waals surface area (Å²) in [6.07, 6.45) is 8.54. The lowest BCUT2D eigenvalue weighted by Crippen LogP contribution is -2.46. The number of hydrogen-bond donors (Lipinski definition) is 2. The van der Waals surface area contributed by atoms with E-state index in [1.165, 1.54) is 5.56 Å². The van der Waals surface area contributed by atoms with Gasteiger partial charge in [0.2, 0.25) is 10.0 Å². The number of carbonyl (C=O) groups excluding carboxylic acids is 1. The lowest BCUT2D eigenvalue weighted by molar-refractivity contribution is 0.0180. The first kappa shape index (κ1) is 35.9. The number of allylic oxidation sites excluding steroid dienone is 1. The van der Waals surface area contributed by atoms with E-state index < -0.39 is 35.6 Å². The van der Waals surface area contributed by atoms with Crippen LogP contribution in [0.4, 0.5) is 5.69 Å². The summed E-state index contributed by atoms with van der Waals surface area (Å²) in [7, 11) is -6.37. The summed E-state index contributed by atoms with van der Waals surface area (Å²) in [4.78, 5) is 15.9. The number of hydrogen-bond acceptors (Lipinski definition) is 7.